The maximum Gasteiger partial charge on any atom is 0.127 e. The van der Waals surface area contributed by atoms with Crippen LogP contribution in [0.25, 0.3) is 0 Å². The molecule has 1 saturated heterocycles. The first kappa shape index (κ1) is 17.1. The minimum absolute atomic E-state index is 0.0361. The van der Waals surface area contributed by atoms with Crippen LogP contribution in [0.1, 0.15) is 34.6 Å². The minimum Gasteiger partial charge on any atom is -0.318 e. The summed E-state index contributed by atoms with van der Waals surface area (Å²) in [6, 6.07) is 2.22. The SMILES string of the molecule is CC(C)=C[SiH2]CC1CNCCN1[Si](C)(C)C(C)(C)C. The third kappa shape index (κ3) is 4.55. The highest BCUT2D eigenvalue weighted by Crippen LogP contribution is 2.39. The monoisotopic (exact) mass is 298 g/mol. The molecule has 0 radical (unpaired) electrons. The van der Waals surface area contributed by atoms with E-state index in [-0.39, 0.29) is 9.52 Å². The second kappa shape index (κ2) is 6.70. The van der Waals surface area contributed by atoms with Crippen molar-refractivity contribution >= 4 is 17.8 Å². The van der Waals surface area contributed by atoms with E-state index in [0.717, 1.165) is 6.04 Å². The highest BCUT2D eigenvalue weighted by atomic mass is 28.3. The molecule has 1 heterocycles. The summed E-state index contributed by atoms with van der Waals surface area (Å²) in [7, 11) is -1.39. The van der Waals surface area contributed by atoms with Gasteiger partial charge in [-0.15, -0.1) is 5.70 Å². The van der Waals surface area contributed by atoms with Crippen molar-refractivity contribution in [2.75, 3.05) is 19.6 Å². The van der Waals surface area contributed by atoms with Crippen LogP contribution in [0.5, 0.6) is 0 Å². The summed E-state index contributed by atoms with van der Waals surface area (Å²) in [5.41, 5.74) is 4.03. The van der Waals surface area contributed by atoms with Gasteiger partial charge in [0, 0.05) is 35.2 Å². The molecule has 0 aliphatic carbocycles. The molecule has 112 valence electrons. The van der Waals surface area contributed by atoms with Crippen molar-refractivity contribution in [1.82, 2.24) is 9.88 Å². The number of nitrogens with zero attached hydrogens (tertiary/aromatic N) is 1. The topological polar surface area (TPSA) is 15.3 Å². The molecule has 1 rings (SSSR count). The highest BCUT2D eigenvalue weighted by Gasteiger charge is 2.44. The van der Waals surface area contributed by atoms with Gasteiger partial charge in [-0.25, -0.2) is 0 Å². The van der Waals surface area contributed by atoms with Crippen LogP contribution in [0.4, 0.5) is 0 Å². The normalized spacial score (nSPS) is 23.0. The van der Waals surface area contributed by atoms with Gasteiger partial charge in [-0.3, -0.25) is 0 Å². The molecular weight excluding hydrogens is 264 g/mol. The predicted molar refractivity (Wildman–Crippen MR) is 93.3 cm³/mol. The summed E-state index contributed by atoms with van der Waals surface area (Å²) in [4.78, 5) is 0. The van der Waals surface area contributed by atoms with E-state index in [1.165, 1.54) is 31.3 Å². The van der Waals surface area contributed by atoms with Gasteiger partial charge in [-0.2, -0.15) is 0 Å². The van der Waals surface area contributed by atoms with Crippen LogP contribution < -0.4 is 5.32 Å². The van der Waals surface area contributed by atoms with Crippen LogP contribution in [0.15, 0.2) is 11.3 Å². The molecule has 0 aromatic carbocycles. The van der Waals surface area contributed by atoms with Crippen LogP contribution in [0, 0.1) is 0 Å². The number of piperazine rings is 1. The van der Waals surface area contributed by atoms with E-state index < -0.39 is 8.24 Å². The average molecular weight is 299 g/mol. The van der Waals surface area contributed by atoms with Gasteiger partial charge in [-0.1, -0.05) is 39.4 Å². The first-order chi connectivity index (χ1) is 8.66. The van der Waals surface area contributed by atoms with Crippen molar-refractivity contribution < 1.29 is 0 Å². The Labute approximate surface area is 123 Å². The molecule has 4 heteroatoms. The van der Waals surface area contributed by atoms with Gasteiger partial charge in [0.2, 0.25) is 0 Å². The van der Waals surface area contributed by atoms with E-state index in [2.05, 4.69) is 63.3 Å². The summed E-state index contributed by atoms with van der Waals surface area (Å²) in [5.74, 6) is 0. The van der Waals surface area contributed by atoms with Crippen molar-refractivity contribution in [2.45, 2.75) is 64.8 Å². The molecule has 1 unspecified atom stereocenters. The van der Waals surface area contributed by atoms with Crippen LogP contribution in [0.3, 0.4) is 0 Å². The Morgan fingerprint density at radius 1 is 1.37 bits per heavy atom. The molecule has 0 amide bonds. The lowest BCUT2D eigenvalue weighted by Crippen LogP contribution is -2.65. The summed E-state index contributed by atoms with van der Waals surface area (Å²) in [5, 5.41) is 4.07. The fourth-order valence-electron chi connectivity index (χ4n) is 2.75. The van der Waals surface area contributed by atoms with Gasteiger partial charge in [0.05, 0.1) is 0 Å². The number of hydrogen-bond acceptors (Lipinski definition) is 2. The van der Waals surface area contributed by atoms with Crippen molar-refractivity contribution in [3.8, 4) is 0 Å². The molecule has 1 aliphatic heterocycles. The summed E-state index contributed by atoms with van der Waals surface area (Å²) < 4.78 is 2.91. The summed E-state index contributed by atoms with van der Waals surface area (Å²) in [6.07, 6.45) is 0. The predicted octanol–water partition coefficient (Wildman–Crippen LogP) is 2.78. The Balaban J connectivity index is 2.75. The summed E-state index contributed by atoms with van der Waals surface area (Å²) in [6.45, 7) is 20.5. The smallest absolute Gasteiger partial charge is 0.127 e. The second-order valence-corrected chi connectivity index (χ2v) is 14.5. The maximum absolute atomic E-state index is 3.61. The first-order valence-corrected chi connectivity index (χ1v) is 12.5. The molecule has 0 saturated carbocycles. The van der Waals surface area contributed by atoms with Gasteiger partial charge in [0.25, 0.3) is 0 Å². The quantitative estimate of drug-likeness (QED) is 0.803. The third-order valence-corrected chi connectivity index (χ3v) is 12.8. The Morgan fingerprint density at radius 3 is 2.53 bits per heavy atom. The number of nitrogens with one attached hydrogen (secondary N) is 1. The fourth-order valence-corrected chi connectivity index (χ4v) is 7.32. The van der Waals surface area contributed by atoms with E-state index >= 15 is 0 Å². The number of hydrogen-bond donors (Lipinski definition) is 1. The highest BCUT2D eigenvalue weighted by molar-refractivity contribution is 6.77. The van der Waals surface area contributed by atoms with Crippen molar-refractivity contribution in [1.29, 1.82) is 0 Å². The number of rotatable bonds is 4. The minimum atomic E-state index is -1.35. The molecule has 1 N–H and O–H groups in total. The average Bonchev–Trinajstić information content (AvgIpc) is 2.27. The lowest BCUT2D eigenvalue weighted by Gasteiger charge is -2.51. The van der Waals surface area contributed by atoms with Crippen LogP contribution >= 0.6 is 0 Å². The van der Waals surface area contributed by atoms with Gasteiger partial charge in [0.15, 0.2) is 0 Å². The molecule has 0 aromatic heterocycles. The summed E-state index contributed by atoms with van der Waals surface area (Å²) >= 11 is 0. The van der Waals surface area contributed by atoms with E-state index in [1.807, 2.05) is 0 Å². The Hall–Kier alpha value is 0.0938. The zero-order valence-corrected chi connectivity index (χ0v) is 16.6. The van der Waals surface area contributed by atoms with E-state index in [4.69, 9.17) is 0 Å². The Morgan fingerprint density at radius 2 is 2.00 bits per heavy atom. The van der Waals surface area contributed by atoms with Crippen LogP contribution in [0.2, 0.25) is 24.2 Å². The van der Waals surface area contributed by atoms with E-state index in [9.17, 15) is 0 Å². The third-order valence-electron chi connectivity index (χ3n) is 4.96. The molecule has 19 heavy (non-hydrogen) atoms. The molecule has 2 nitrogen and oxygen atoms in total. The lowest BCUT2D eigenvalue weighted by atomic mass is 10.2. The molecule has 0 bridgehead atoms. The van der Waals surface area contributed by atoms with E-state index in [0.29, 0.717) is 5.04 Å². The Bertz CT molecular complexity index is 315. The Kier molecular flexibility index (Phi) is 6.05. The second-order valence-electron chi connectivity index (χ2n) is 7.72. The standard InChI is InChI=1S/C15H34N2Si2/c1-13(2)11-18-12-14-10-16-8-9-17(14)19(6,7)15(3,4)5/h11,14,16H,8-10,12,18H2,1-7H3. The molecule has 1 atom stereocenters. The van der Waals surface area contributed by atoms with Crippen LogP contribution in [-0.4, -0.2) is 48.0 Å². The fraction of sp³-hybridized carbons (Fsp3) is 0.867. The zero-order valence-electron chi connectivity index (χ0n) is 14.1. The van der Waals surface area contributed by atoms with Gasteiger partial charge in [0.1, 0.15) is 8.24 Å². The molecule has 0 aromatic rings. The molecule has 1 fully saturated rings. The molecule has 1 aliphatic rings. The largest absolute Gasteiger partial charge is 0.318 e. The maximum atomic E-state index is 3.61. The number of allylic oxidation sites excluding steroid dienone is 1. The molecular formula is C15H34N2Si2. The first-order valence-electron chi connectivity index (χ1n) is 7.77. The van der Waals surface area contributed by atoms with Crippen molar-refractivity contribution in [2.24, 2.45) is 0 Å². The van der Waals surface area contributed by atoms with Crippen molar-refractivity contribution in [3.05, 3.63) is 11.3 Å². The van der Waals surface area contributed by atoms with Gasteiger partial charge in [-0.05, 0) is 24.9 Å². The van der Waals surface area contributed by atoms with Gasteiger partial charge < -0.3 is 9.88 Å². The van der Waals surface area contributed by atoms with Crippen molar-refractivity contribution in [3.63, 3.8) is 0 Å². The lowest BCUT2D eigenvalue weighted by molar-refractivity contribution is 0.266. The molecule has 0 spiro atoms. The van der Waals surface area contributed by atoms with Crippen LogP contribution in [-0.2, 0) is 0 Å². The van der Waals surface area contributed by atoms with E-state index in [1.54, 1.807) is 0 Å². The van der Waals surface area contributed by atoms with Gasteiger partial charge >= 0.3 is 0 Å². The zero-order chi connectivity index (χ0) is 14.7.